The average Bonchev–Trinajstić information content (AvgIpc) is 2.74. The minimum atomic E-state index is -0.567. The highest BCUT2D eigenvalue weighted by Gasteiger charge is 2.06. The predicted molar refractivity (Wildman–Crippen MR) is 60.1 cm³/mol. The zero-order chi connectivity index (χ0) is 11.8. The number of aromatic nitrogens is 5. The van der Waals surface area contributed by atoms with E-state index in [-0.39, 0.29) is 5.65 Å². The fraction of sp³-hybridized carbons (Fsp3) is 0. The van der Waals surface area contributed by atoms with Gasteiger partial charge in [-0.2, -0.15) is 0 Å². The van der Waals surface area contributed by atoms with E-state index in [9.17, 15) is 9.59 Å². The normalized spacial score (nSPS) is 10.8. The van der Waals surface area contributed by atoms with E-state index in [2.05, 4.69) is 20.1 Å². The first-order chi connectivity index (χ1) is 8.24. The van der Waals surface area contributed by atoms with Crippen molar-refractivity contribution < 1.29 is 0 Å². The van der Waals surface area contributed by atoms with Crippen molar-refractivity contribution in [3.8, 4) is 5.69 Å². The fourth-order valence-corrected chi connectivity index (χ4v) is 1.57. The molecule has 0 unspecified atom stereocenters. The van der Waals surface area contributed by atoms with E-state index in [0.29, 0.717) is 5.39 Å². The van der Waals surface area contributed by atoms with E-state index in [1.165, 1.54) is 4.68 Å². The van der Waals surface area contributed by atoms with Gasteiger partial charge in [-0.3, -0.25) is 19.7 Å². The average molecular weight is 229 g/mol. The zero-order valence-electron chi connectivity index (χ0n) is 8.54. The van der Waals surface area contributed by atoms with Crippen LogP contribution >= 0.6 is 0 Å². The Morgan fingerprint density at radius 3 is 2.65 bits per heavy atom. The summed E-state index contributed by atoms with van der Waals surface area (Å²) in [6, 6.07) is 3.50. The summed E-state index contributed by atoms with van der Waals surface area (Å²) in [6.45, 7) is 0. The fourth-order valence-electron chi connectivity index (χ4n) is 1.57. The lowest BCUT2D eigenvalue weighted by molar-refractivity contribution is 0.884. The number of pyridine rings is 1. The molecular weight excluding hydrogens is 222 g/mol. The van der Waals surface area contributed by atoms with Crippen LogP contribution in [0.15, 0.2) is 40.3 Å². The van der Waals surface area contributed by atoms with Gasteiger partial charge in [-0.05, 0) is 12.1 Å². The number of hydrogen-bond acceptors (Lipinski definition) is 4. The molecule has 0 saturated carbocycles. The lowest BCUT2D eigenvalue weighted by Gasteiger charge is -1.97. The Morgan fingerprint density at radius 1 is 1.12 bits per heavy atom. The van der Waals surface area contributed by atoms with Crippen LogP contribution in [-0.4, -0.2) is 24.7 Å². The standard InChI is InChI=1S/C10H7N5O2/c16-9-7-5-15(6-1-3-11-4-2-6)14-8(7)12-10(17)13-9/h1-5H,(H2,12,13,14,16,17). The molecule has 0 saturated heterocycles. The number of fused-ring (bicyclic) bond motifs is 1. The molecular formula is C10H7N5O2. The van der Waals surface area contributed by atoms with Crippen LogP contribution in [0.5, 0.6) is 0 Å². The van der Waals surface area contributed by atoms with Gasteiger partial charge in [0.15, 0.2) is 5.65 Å². The molecule has 0 aliphatic carbocycles. The van der Waals surface area contributed by atoms with Gasteiger partial charge in [-0.1, -0.05) is 0 Å². The van der Waals surface area contributed by atoms with Crippen molar-refractivity contribution in [3.63, 3.8) is 0 Å². The van der Waals surface area contributed by atoms with Gasteiger partial charge in [0, 0.05) is 18.6 Å². The molecule has 0 spiro atoms. The summed E-state index contributed by atoms with van der Waals surface area (Å²) >= 11 is 0. The topological polar surface area (TPSA) is 96.4 Å². The molecule has 0 aromatic carbocycles. The van der Waals surface area contributed by atoms with Crippen molar-refractivity contribution in [2.75, 3.05) is 0 Å². The summed E-state index contributed by atoms with van der Waals surface area (Å²) in [4.78, 5) is 31.1. The van der Waals surface area contributed by atoms with Crippen molar-refractivity contribution in [1.82, 2.24) is 24.7 Å². The molecule has 84 valence electrons. The smallest absolute Gasteiger partial charge is 0.290 e. The van der Waals surface area contributed by atoms with Gasteiger partial charge in [0.1, 0.15) is 5.39 Å². The number of hydrogen-bond donors (Lipinski definition) is 2. The third kappa shape index (κ3) is 1.53. The molecule has 2 N–H and O–H groups in total. The molecule has 0 amide bonds. The Morgan fingerprint density at radius 2 is 1.88 bits per heavy atom. The zero-order valence-corrected chi connectivity index (χ0v) is 8.54. The van der Waals surface area contributed by atoms with Crippen molar-refractivity contribution in [2.24, 2.45) is 0 Å². The van der Waals surface area contributed by atoms with E-state index in [1.807, 2.05) is 0 Å². The third-order valence-electron chi connectivity index (χ3n) is 2.35. The van der Waals surface area contributed by atoms with Crippen molar-refractivity contribution >= 4 is 11.0 Å². The second-order valence-corrected chi connectivity index (χ2v) is 3.45. The maximum atomic E-state index is 11.5. The Balaban J connectivity index is 2.31. The molecule has 0 aliphatic heterocycles. The van der Waals surface area contributed by atoms with E-state index >= 15 is 0 Å². The number of rotatable bonds is 1. The summed E-state index contributed by atoms with van der Waals surface area (Å²) in [5, 5.41) is 4.45. The SMILES string of the molecule is O=c1[nH]c(=O)c2cn(-c3ccncc3)nc2[nH]1. The van der Waals surface area contributed by atoms with Crippen LogP contribution < -0.4 is 11.2 Å². The first kappa shape index (κ1) is 9.52. The van der Waals surface area contributed by atoms with Crippen molar-refractivity contribution in [1.29, 1.82) is 0 Å². The first-order valence-electron chi connectivity index (χ1n) is 4.86. The van der Waals surface area contributed by atoms with Gasteiger partial charge in [0.25, 0.3) is 5.56 Å². The Bertz CT molecular complexity index is 784. The molecule has 7 heteroatoms. The van der Waals surface area contributed by atoms with Crippen LogP contribution in [0.25, 0.3) is 16.7 Å². The van der Waals surface area contributed by atoms with Crippen LogP contribution in [0.1, 0.15) is 0 Å². The van der Waals surface area contributed by atoms with Crippen LogP contribution in [0.3, 0.4) is 0 Å². The van der Waals surface area contributed by atoms with Crippen LogP contribution in [0.4, 0.5) is 0 Å². The molecule has 0 bridgehead atoms. The number of H-pyrrole nitrogens is 2. The number of nitrogens with zero attached hydrogens (tertiary/aromatic N) is 3. The van der Waals surface area contributed by atoms with Gasteiger partial charge in [-0.25, -0.2) is 9.48 Å². The first-order valence-corrected chi connectivity index (χ1v) is 4.86. The Kier molecular flexibility index (Phi) is 1.91. The van der Waals surface area contributed by atoms with Crippen molar-refractivity contribution in [3.05, 3.63) is 51.6 Å². The minimum absolute atomic E-state index is 0.260. The largest absolute Gasteiger partial charge is 0.327 e. The lowest BCUT2D eigenvalue weighted by Crippen LogP contribution is -2.21. The van der Waals surface area contributed by atoms with Gasteiger partial charge < -0.3 is 0 Å². The van der Waals surface area contributed by atoms with E-state index in [1.54, 1.807) is 30.7 Å². The molecule has 3 aromatic rings. The Hall–Kier alpha value is -2.70. The molecule has 3 aromatic heterocycles. The van der Waals surface area contributed by atoms with Crippen LogP contribution in [-0.2, 0) is 0 Å². The highest BCUT2D eigenvalue weighted by Crippen LogP contribution is 2.08. The Labute approximate surface area is 93.8 Å². The molecule has 0 atom stereocenters. The van der Waals surface area contributed by atoms with Gasteiger partial charge in [0.05, 0.1) is 5.69 Å². The lowest BCUT2D eigenvalue weighted by atomic mass is 10.4. The van der Waals surface area contributed by atoms with Gasteiger partial charge in [-0.15, -0.1) is 5.10 Å². The van der Waals surface area contributed by atoms with E-state index in [4.69, 9.17) is 0 Å². The molecule has 7 nitrogen and oxygen atoms in total. The minimum Gasteiger partial charge on any atom is -0.290 e. The van der Waals surface area contributed by atoms with E-state index in [0.717, 1.165) is 5.69 Å². The van der Waals surface area contributed by atoms with Crippen LogP contribution in [0.2, 0.25) is 0 Å². The summed E-state index contributed by atoms with van der Waals surface area (Å²) in [5.41, 5.74) is -0.00135. The maximum Gasteiger partial charge on any atom is 0.327 e. The van der Waals surface area contributed by atoms with E-state index < -0.39 is 11.2 Å². The highest BCUT2D eigenvalue weighted by molar-refractivity contribution is 5.72. The monoisotopic (exact) mass is 229 g/mol. The third-order valence-corrected chi connectivity index (χ3v) is 2.35. The van der Waals surface area contributed by atoms with Crippen LogP contribution in [0, 0.1) is 0 Å². The number of aromatic amines is 2. The predicted octanol–water partition coefficient (Wildman–Crippen LogP) is -0.203. The maximum absolute atomic E-state index is 11.5. The number of nitrogens with one attached hydrogen (secondary N) is 2. The summed E-state index contributed by atoms with van der Waals surface area (Å²) in [5.74, 6) is 0. The van der Waals surface area contributed by atoms with Crippen molar-refractivity contribution in [2.45, 2.75) is 0 Å². The summed E-state index contributed by atoms with van der Waals surface area (Å²) in [7, 11) is 0. The highest BCUT2D eigenvalue weighted by atomic mass is 16.2. The molecule has 0 radical (unpaired) electrons. The summed E-state index contributed by atoms with van der Waals surface area (Å²) in [6.07, 6.45) is 4.79. The van der Waals surface area contributed by atoms with Gasteiger partial charge >= 0.3 is 5.69 Å². The molecule has 17 heavy (non-hydrogen) atoms. The molecule has 0 fully saturated rings. The quantitative estimate of drug-likeness (QED) is 0.603. The molecule has 0 aliphatic rings. The molecule has 3 heterocycles. The summed E-state index contributed by atoms with van der Waals surface area (Å²) < 4.78 is 1.51. The second kappa shape index (κ2) is 3.41. The molecule has 3 rings (SSSR count). The van der Waals surface area contributed by atoms with Gasteiger partial charge in [0.2, 0.25) is 0 Å². The second-order valence-electron chi connectivity index (χ2n) is 3.45.